The molecule has 0 spiro atoms. The monoisotopic (exact) mass is 255 g/mol. The lowest BCUT2D eigenvalue weighted by Crippen LogP contribution is -2.22. The molecule has 0 bridgehead atoms. The largest absolute Gasteiger partial charge is 0.481 e. The third-order valence-corrected chi connectivity index (χ3v) is 3.24. The average molecular weight is 255 g/mol. The van der Waals surface area contributed by atoms with Gasteiger partial charge in [-0.05, 0) is 11.1 Å². The molecule has 0 radical (unpaired) electrons. The van der Waals surface area contributed by atoms with E-state index in [0.717, 1.165) is 11.1 Å². The van der Waals surface area contributed by atoms with Crippen molar-refractivity contribution in [2.75, 3.05) is 0 Å². The van der Waals surface area contributed by atoms with Gasteiger partial charge in [0.05, 0.1) is 6.42 Å². The zero-order valence-electron chi connectivity index (χ0n) is 10.6. The zero-order chi connectivity index (χ0) is 13.7. The smallest absolute Gasteiger partial charge is 0.304 e. The molecule has 98 valence electrons. The number of aliphatic carboxylic acids is 1. The van der Waals surface area contributed by atoms with Gasteiger partial charge in [0.15, 0.2) is 0 Å². The summed E-state index contributed by atoms with van der Waals surface area (Å²) in [6.45, 7) is 0. The minimum atomic E-state index is -0.833. The van der Waals surface area contributed by atoms with Gasteiger partial charge in [0.1, 0.15) is 0 Å². The van der Waals surface area contributed by atoms with Gasteiger partial charge >= 0.3 is 5.97 Å². The molecule has 0 aromatic heterocycles. The molecule has 3 N–H and O–H groups in total. The normalized spacial score (nSPS) is 13.7. The molecule has 0 heterocycles. The second kappa shape index (κ2) is 6.16. The average Bonchev–Trinajstić information content (AvgIpc) is 2.46. The molecule has 3 nitrogen and oxygen atoms in total. The molecule has 2 aromatic rings. The van der Waals surface area contributed by atoms with Crippen molar-refractivity contribution in [2.45, 2.75) is 18.4 Å². The van der Waals surface area contributed by atoms with E-state index in [9.17, 15) is 4.79 Å². The Balaban J connectivity index is 2.30. The van der Waals surface area contributed by atoms with Crippen molar-refractivity contribution >= 4 is 5.97 Å². The Hall–Kier alpha value is -2.13. The third kappa shape index (κ3) is 3.42. The molecule has 2 aromatic carbocycles. The number of hydrogen-bond donors (Lipinski definition) is 2. The summed E-state index contributed by atoms with van der Waals surface area (Å²) >= 11 is 0. The van der Waals surface area contributed by atoms with Crippen LogP contribution in [0.2, 0.25) is 0 Å². The maximum atomic E-state index is 11.1. The van der Waals surface area contributed by atoms with Gasteiger partial charge in [-0.15, -0.1) is 0 Å². The molecule has 0 aliphatic carbocycles. The Morgan fingerprint density at radius 2 is 1.42 bits per heavy atom. The van der Waals surface area contributed by atoms with Crippen molar-refractivity contribution < 1.29 is 9.90 Å². The van der Waals surface area contributed by atoms with E-state index in [1.165, 1.54) is 0 Å². The summed E-state index contributed by atoms with van der Waals surface area (Å²) in [6, 6.07) is 18.9. The van der Waals surface area contributed by atoms with Crippen LogP contribution < -0.4 is 5.73 Å². The van der Waals surface area contributed by atoms with Crippen molar-refractivity contribution in [3.63, 3.8) is 0 Å². The summed E-state index contributed by atoms with van der Waals surface area (Å²) < 4.78 is 0. The molecule has 0 aliphatic heterocycles. The molecule has 0 aliphatic rings. The van der Waals surface area contributed by atoms with E-state index in [2.05, 4.69) is 0 Å². The maximum absolute atomic E-state index is 11.1. The Morgan fingerprint density at radius 1 is 0.947 bits per heavy atom. The van der Waals surface area contributed by atoms with Crippen LogP contribution in [0.4, 0.5) is 0 Å². The highest BCUT2D eigenvalue weighted by atomic mass is 16.4. The molecule has 0 saturated heterocycles. The number of hydrogen-bond acceptors (Lipinski definition) is 2. The Bertz CT molecular complexity index is 525. The fraction of sp³-hybridized carbons (Fsp3) is 0.188. The summed E-state index contributed by atoms with van der Waals surface area (Å²) in [7, 11) is 0. The van der Waals surface area contributed by atoms with Gasteiger partial charge in [0, 0.05) is 12.0 Å². The first-order chi connectivity index (χ1) is 9.18. The Morgan fingerprint density at radius 3 is 1.89 bits per heavy atom. The minimum absolute atomic E-state index is 0.0279. The first kappa shape index (κ1) is 13.3. The van der Waals surface area contributed by atoms with Crippen molar-refractivity contribution in [2.24, 2.45) is 5.73 Å². The van der Waals surface area contributed by atoms with Crippen molar-refractivity contribution in [1.82, 2.24) is 0 Å². The summed E-state index contributed by atoms with van der Waals surface area (Å²) in [5.41, 5.74) is 8.17. The SMILES string of the molecule is NC(c1ccccc1)C(CC(=O)O)c1ccccc1. The van der Waals surface area contributed by atoms with Crippen molar-refractivity contribution in [3.05, 3.63) is 71.8 Å². The van der Waals surface area contributed by atoms with E-state index >= 15 is 0 Å². The van der Waals surface area contributed by atoms with Crippen LogP contribution >= 0.6 is 0 Å². The van der Waals surface area contributed by atoms with Gasteiger partial charge in [-0.25, -0.2) is 0 Å². The number of carboxylic acids is 1. The van der Waals surface area contributed by atoms with Crippen LogP contribution in [-0.2, 0) is 4.79 Å². The standard InChI is InChI=1S/C16H17NO2/c17-16(13-9-5-2-6-10-13)14(11-15(18)19)12-7-3-1-4-8-12/h1-10,14,16H,11,17H2,(H,18,19). The molecule has 19 heavy (non-hydrogen) atoms. The number of benzene rings is 2. The number of rotatable bonds is 5. The van der Waals surface area contributed by atoms with Crippen LogP contribution in [0.1, 0.15) is 29.5 Å². The van der Waals surface area contributed by atoms with Crippen LogP contribution in [-0.4, -0.2) is 11.1 Å². The lowest BCUT2D eigenvalue weighted by Gasteiger charge is -2.23. The third-order valence-electron chi connectivity index (χ3n) is 3.24. The highest BCUT2D eigenvalue weighted by Gasteiger charge is 2.23. The van der Waals surface area contributed by atoms with Crippen molar-refractivity contribution in [1.29, 1.82) is 0 Å². The second-order valence-electron chi connectivity index (χ2n) is 4.55. The maximum Gasteiger partial charge on any atom is 0.304 e. The fourth-order valence-electron chi connectivity index (χ4n) is 2.25. The Labute approximate surface area is 112 Å². The highest BCUT2D eigenvalue weighted by Crippen LogP contribution is 2.31. The predicted octanol–water partition coefficient (Wildman–Crippen LogP) is 2.94. The van der Waals surface area contributed by atoms with E-state index in [0.29, 0.717) is 0 Å². The van der Waals surface area contributed by atoms with Gasteiger partial charge < -0.3 is 10.8 Å². The number of carbonyl (C=O) groups is 1. The lowest BCUT2D eigenvalue weighted by molar-refractivity contribution is -0.137. The van der Waals surface area contributed by atoms with E-state index in [1.807, 2.05) is 60.7 Å². The molecule has 0 amide bonds. The molecule has 0 fully saturated rings. The number of nitrogens with two attached hydrogens (primary N) is 1. The van der Waals surface area contributed by atoms with Crippen LogP contribution in [0.5, 0.6) is 0 Å². The van der Waals surface area contributed by atoms with Crippen LogP contribution in [0.3, 0.4) is 0 Å². The van der Waals surface area contributed by atoms with Crippen LogP contribution in [0.15, 0.2) is 60.7 Å². The molecule has 2 atom stereocenters. The summed E-state index contributed by atoms with van der Waals surface area (Å²) in [6.07, 6.45) is 0.0279. The van der Waals surface area contributed by atoms with Gasteiger partial charge in [-0.1, -0.05) is 60.7 Å². The van der Waals surface area contributed by atoms with Gasteiger partial charge in [0.2, 0.25) is 0 Å². The quantitative estimate of drug-likeness (QED) is 0.863. The van der Waals surface area contributed by atoms with Gasteiger partial charge in [0.25, 0.3) is 0 Å². The van der Waals surface area contributed by atoms with E-state index in [1.54, 1.807) is 0 Å². The van der Waals surface area contributed by atoms with Gasteiger partial charge in [-0.3, -0.25) is 4.79 Å². The van der Waals surface area contributed by atoms with Gasteiger partial charge in [-0.2, -0.15) is 0 Å². The zero-order valence-corrected chi connectivity index (χ0v) is 10.6. The second-order valence-corrected chi connectivity index (χ2v) is 4.55. The molecule has 2 unspecified atom stereocenters. The highest BCUT2D eigenvalue weighted by molar-refractivity contribution is 5.68. The van der Waals surface area contributed by atoms with E-state index in [4.69, 9.17) is 10.8 Å². The fourth-order valence-corrected chi connectivity index (χ4v) is 2.25. The predicted molar refractivity (Wildman–Crippen MR) is 74.8 cm³/mol. The van der Waals surface area contributed by atoms with Crippen LogP contribution in [0.25, 0.3) is 0 Å². The van der Waals surface area contributed by atoms with Crippen LogP contribution in [0, 0.1) is 0 Å². The first-order valence-corrected chi connectivity index (χ1v) is 6.25. The molecular formula is C16H17NO2. The topological polar surface area (TPSA) is 63.3 Å². The molecule has 3 heteroatoms. The minimum Gasteiger partial charge on any atom is -0.481 e. The van der Waals surface area contributed by atoms with Crippen molar-refractivity contribution in [3.8, 4) is 0 Å². The molecular weight excluding hydrogens is 238 g/mol. The Kier molecular flexibility index (Phi) is 4.31. The molecule has 0 saturated carbocycles. The molecule has 2 rings (SSSR count). The summed E-state index contributed by atoms with van der Waals surface area (Å²) in [5.74, 6) is -1.05. The van der Waals surface area contributed by atoms with E-state index in [-0.39, 0.29) is 18.4 Å². The summed E-state index contributed by atoms with van der Waals surface area (Å²) in [5, 5.41) is 9.09. The summed E-state index contributed by atoms with van der Waals surface area (Å²) in [4.78, 5) is 11.1. The lowest BCUT2D eigenvalue weighted by atomic mass is 9.85. The van der Waals surface area contributed by atoms with E-state index < -0.39 is 5.97 Å². The first-order valence-electron chi connectivity index (χ1n) is 6.25. The number of carboxylic acid groups (broad SMARTS) is 1.